The van der Waals surface area contributed by atoms with Crippen molar-refractivity contribution in [3.63, 3.8) is 0 Å². The summed E-state index contributed by atoms with van der Waals surface area (Å²) in [4.78, 5) is 22.6. The number of hydrogen-bond donors (Lipinski definition) is 1. The molecular formula is C29H37N3O3. The molecule has 186 valence electrons. The van der Waals surface area contributed by atoms with Crippen molar-refractivity contribution < 1.29 is 14.6 Å². The Bertz CT molecular complexity index is 1090. The van der Waals surface area contributed by atoms with Crippen molar-refractivity contribution >= 4 is 16.9 Å². The van der Waals surface area contributed by atoms with Crippen LogP contribution in [0.1, 0.15) is 49.7 Å². The van der Waals surface area contributed by atoms with Gasteiger partial charge in [-0.25, -0.2) is 0 Å². The summed E-state index contributed by atoms with van der Waals surface area (Å²) in [7, 11) is 1.69. The average Bonchev–Trinajstić information content (AvgIpc) is 2.88. The summed E-state index contributed by atoms with van der Waals surface area (Å²) in [5, 5.41) is 10.7. The van der Waals surface area contributed by atoms with Gasteiger partial charge >= 0.3 is 5.97 Å². The minimum Gasteiger partial charge on any atom is -0.497 e. The Morgan fingerprint density at radius 1 is 1.06 bits per heavy atom. The van der Waals surface area contributed by atoms with Crippen LogP contribution >= 0.6 is 0 Å². The van der Waals surface area contributed by atoms with Gasteiger partial charge in [-0.1, -0.05) is 0 Å². The zero-order valence-electron chi connectivity index (χ0n) is 20.7. The number of aromatic nitrogens is 2. The molecule has 2 atom stereocenters. The van der Waals surface area contributed by atoms with Gasteiger partial charge in [0.2, 0.25) is 0 Å². The van der Waals surface area contributed by atoms with Crippen LogP contribution in [-0.2, 0) is 17.6 Å². The van der Waals surface area contributed by atoms with Crippen LogP contribution in [0.4, 0.5) is 0 Å². The predicted molar refractivity (Wildman–Crippen MR) is 139 cm³/mol. The van der Waals surface area contributed by atoms with Crippen molar-refractivity contribution in [3.05, 3.63) is 66.1 Å². The van der Waals surface area contributed by atoms with Crippen molar-refractivity contribution in [2.75, 3.05) is 26.7 Å². The van der Waals surface area contributed by atoms with Gasteiger partial charge in [0.15, 0.2) is 0 Å². The molecule has 1 aromatic carbocycles. The lowest BCUT2D eigenvalue weighted by atomic mass is 9.79. The number of carbonyl (C=O) groups is 1. The van der Waals surface area contributed by atoms with Crippen molar-refractivity contribution in [2.24, 2.45) is 11.8 Å². The first-order chi connectivity index (χ1) is 17.1. The van der Waals surface area contributed by atoms with Crippen LogP contribution in [0.25, 0.3) is 10.9 Å². The number of carboxylic acid groups (broad SMARTS) is 1. The van der Waals surface area contributed by atoms with Crippen LogP contribution in [-0.4, -0.2) is 52.7 Å². The quantitative estimate of drug-likeness (QED) is 0.354. The topological polar surface area (TPSA) is 75.5 Å². The summed E-state index contributed by atoms with van der Waals surface area (Å²) >= 11 is 0. The number of ether oxygens (including phenoxy) is 1. The highest BCUT2D eigenvalue weighted by atomic mass is 16.5. The fourth-order valence-corrected chi connectivity index (χ4v) is 5.49. The Morgan fingerprint density at radius 2 is 1.91 bits per heavy atom. The number of carboxylic acids is 1. The number of piperidine rings is 1. The summed E-state index contributed by atoms with van der Waals surface area (Å²) in [6, 6.07) is 12.3. The number of pyridine rings is 2. The van der Waals surface area contributed by atoms with Crippen LogP contribution in [0.5, 0.6) is 5.75 Å². The summed E-state index contributed by atoms with van der Waals surface area (Å²) in [5.41, 5.74) is 3.61. The van der Waals surface area contributed by atoms with E-state index in [2.05, 4.69) is 39.1 Å². The molecule has 6 heteroatoms. The number of likely N-dealkylation sites (tertiary alicyclic amines) is 1. The number of nitrogens with zero attached hydrogens (tertiary/aromatic N) is 3. The summed E-state index contributed by atoms with van der Waals surface area (Å²) in [6.07, 6.45) is 13.4. The summed E-state index contributed by atoms with van der Waals surface area (Å²) in [6.45, 7) is 3.03. The molecule has 0 bridgehead atoms. The predicted octanol–water partition coefficient (Wildman–Crippen LogP) is 5.40. The highest BCUT2D eigenvalue weighted by molar-refractivity contribution is 5.83. The fourth-order valence-electron chi connectivity index (χ4n) is 5.49. The Hall–Kier alpha value is -2.99. The van der Waals surface area contributed by atoms with E-state index < -0.39 is 5.97 Å². The average molecular weight is 476 g/mol. The van der Waals surface area contributed by atoms with Gasteiger partial charge in [-0.15, -0.1) is 0 Å². The highest BCUT2D eigenvalue weighted by Gasteiger charge is 2.30. The van der Waals surface area contributed by atoms with Crippen molar-refractivity contribution in [1.82, 2.24) is 14.9 Å². The van der Waals surface area contributed by atoms with Crippen LogP contribution in [0.2, 0.25) is 0 Å². The van der Waals surface area contributed by atoms with E-state index in [1.165, 1.54) is 11.1 Å². The highest BCUT2D eigenvalue weighted by Crippen LogP contribution is 2.32. The van der Waals surface area contributed by atoms with Crippen molar-refractivity contribution in [3.8, 4) is 5.75 Å². The smallest absolute Gasteiger partial charge is 0.303 e. The molecule has 0 saturated carbocycles. The standard InChI is InChI=1S/C29H37N3O3/c1-35-26-8-9-28-27(20-26)24(12-16-31-28)7-4-6-23-13-18-32(21-25(23)19-29(33)34)17-3-2-5-22-10-14-30-15-11-22/h8-12,14-16,20,23,25H,2-7,13,17-19,21H2,1H3,(H,33,34)/t23-,25+/m1/s1. The molecule has 1 N–H and O–H groups in total. The fraction of sp³-hybridized carbons (Fsp3) is 0.483. The molecule has 0 spiro atoms. The number of aryl methyl sites for hydroxylation is 2. The first-order valence-corrected chi connectivity index (χ1v) is 12.9. The van der Waals surface area contributed by atoms with E-state index in [1.54, 1.807) is 7.11 Å². The van der Waals surface area contributed by atoms with E-state index >= 15 is 0 Å². The number of unbranched alkanes of at least 4 members (excludes halogenated alkanes) is 1. The molecule has 0 amide bonds. The number of fused-ring (bicyclic) bond motifs is 1. The molecule has 35 heavy (non-hydrogen) atoms. The lowest BCUT2D eigenvalue weighted by Gasteiger charge is -2.38. The SMILES string of the molecule is COc1ccc2nccc(CCC[C@@H]3CCN(CCCCc4ccncc4)C[C@@H]3CC(=O)O)c2c1. The molecule has 2 aromatic heterocycles. The van der Waals surface area contributed by atoms with E-state index in [0.29, 0.717) is 5.92 Å². The first-order valence-electron chi connectivity index (χ1n) is 12.9. The molecule has 0 unspecified atom stereocenters. The molecule has 0 radical (unpaired) electrons. The Morgan fingerprint density at radius 3 is 2.71 bits per heavy atom. The van der Waals surface area contributed by atoms with Gasteiger partial charge in [0.1, 0.15) is 5.75 Å². The molecule has 1 aliphatic heterocycles. The van der Waals surface area contributed by atoms with E-state index in [9.17, 15) is 9.90 Å². The molecular weight excluding hydrogens is 438 g/mol. The van der Waals surface area contributed by atoms with Gasteiger partial charge in [0, 0.05) is 36.9 Å². The van der Waals surface area contributed by atoms with Gasteiger partial charge < -0.3 is 14.7 Å². The normalized spacial score (nSPS) is 18.5. The lowest BCUT2D eigenvalue weighted by molar-refractivity contribution is -0.139. The van der Waals surface area contributed by atoms with E-state index in [4.69, 9.17) is 4.74 Å². The van der Waals surface area contributed by atoms with Crippen LogP contribution in [0.3, 0.4) is 0 Å². The maximum atomic E-state index is 11.6. The minimum absolute atomic E-state index is 0.232. The van der Waals surface area contributed by atoms with Crippen molar-refractivity contribution in [1.29, 1.82) is 0 Å². The number of rotatable bonds is 12. The van der Waals surface area contributed by atoms with Gasteiger partial charge in [-0.2, -0.15) is 0 Å². The summed E-state index contributed by atoms with van der Waals surface area (Å²) in [5.74, 6) is 0.880. The lowest BCUT2D eigenvalue weighted by Crippen LogP contribution is -2.41. The van der Waals surface area contributed by atoms with Gasteiger partial charge in [-0.3, -0.25) is 14.8 Å². The third-order valence-electron chi connectivity index (χ3n) is 7.41. The second-order valence-electron chi connectivity index (χ2n) is 9.77. The van der Waals surface area contributed by atoms with E-state index in [0.717, 1.165) is 81.2 Å². The molecule has 3 heterocycles. The van der Waals surface area contributed by atoms with Gasteiger partial charge in [0.25, 0.3) is 0 Å². The second-order valence-corrected chi connectivity index (χ2v) is 9.77. The van der Waals surface area contributed by atoms with E-state index in [-0.39, 0.29) is 12.3 Å². The number of aliphatic carboxylic acids is 1. The number of methoxy groups -OCH3 is 1. The second kappa shape index (κ2) is 12.6. The first kappa shape index (κ1) is 25.1. The van der Waals surface area contributed by atoms with Crippen molar-refractivity contribution in [2.45, 2.75) is 51.4 Å². The van der Waals surface area contributed by atoms with Crippen LogP contribution in [0, 0.1) is 11.8 Å². The van der Waals surface area contributed by atoms with Crippen LogP contribution < -0.4 is 4.74 Å². The van der Waals surface area contributed by atoms with Gasteiger partial charge in [0.05, 0.1) is 12.6 Å². The zero-order valence-corrected chi connectivity index (χ0v) is 20.7. The maximum absolute atomic E-state index is 11.6. The van der Waals surface area contributed by atoms with E-state index in [1.807, 2.05) is 30.7 Å². The molecule has 1 saturated heterocycles. The third-order valence-corrected chi connectivity index (χ3v) is 7.41. The minimum atomic E-state index is -0.674. The molecule has 6 nitrogen and oxygen atoms in total. The number of hydrogen-bond acceptors (Lipinski definition) is 5. The summed E-state index contributed by atoms with van der Waals surface area (Å²) < 4.78 is 5.41. The van der Waals surface area contributed by atoms with Crippen LogP contribution in [0.15, 0.2) is 55.0 Å². The number of benzene rings is 1. The molecule has 0 aliphatic carbocycles. The largest absolute Gasteiger partial charge is 0.497 e. The monoisotopic (exact) mass is 475 g/mol. The molecule has 1 aliphatic rings. The Labute approximate surface area is 208 Å². The van der Waals surface area contributed by atoms with Gasteiger partial charge in [-0.05, 0) is 117 Å². The Kier molecular flexibility index (Phi) is 9.07. The molecule has 3 aromatic rings. The zero-order chi connectivity index (χ0) is 24.5. The third kappa shape index (κ3) is 7.25. The molecule has 1 fully saturated rings. The molecule has 4 rings (SSSR count). The Balaban J connectivity index is 1.27. The maximum Gasteiger partial charge on any atom is 0.303 e.